The van der Waals surface area contributed by atoms with Crippen LogP contribution in [0, 0.1) is 0 Å². The van der Waals surface area contributed by atoms with Gasteiger partial charge in [-0.2, -0.15) is 0 Å². The van der Waals surface area contributed by atoms with E-state index in [1.54, 1.807) is 48.4 Å². The van der Waals surface area contributed by atoms with Gasteiger partial charge in [0.1, 0.15) is 0 Å². The normalized spacial score (nSPS) is 28.0. The van der Waals surface area contributed by atoms with Crippen molar-refractivity contribution in [2.45, 2.75) is 19.2 Å². The van der Waals surface area contributed by atoms with E-state index in [0.717, 1.165) is 11.1 Å². The van der Waals surface area contributed by atoms with E-state index in [-0.39, 0.29) is 0 Å². The molecule has 2 atom stereocenters. The third-order valence-corrected chi connectivity index (χ3v) is 7.29. The van der Waals surface area contributed by atoms with Crippen molar-refractivity contribution in [2.75, 3.05) is 0 Å². The van der Waals surface area contributed by atoms with Crippen LogP contribution in [0.25, 0.3) is 0 Å². The lowest BCUT2D eigenvalue weighted by Crippen LogP contribution is -2.31. The fraction of sp³-hybridized carbons (Fsp3) is 0.167. The van der Waals surface area contributed by atoms with E-state index in [1.807, 2.05) is 32.0 Å². The maximum Gasteiger partial charge on any atom is 0.185 e. The van der Waals surface area contributed by atoms with Crippen LogP contribution >= 0.6 is 7.14 Å². The van der Waals surface area contributed by atoms with Crippen LogP contribution in [-0.4, -0.2) is 10.1 Å². The molecule has 22 heavy (non-hydrogen) atoms. The molecule has 1 aliphatic heterocycles. The van der Waals surface area contributed by atoms with Crippen molar-refractivity contribution in [3.8, 4) is 0 Å². The zero-order valence-corrected chi connectivity index (χ0v) is 13.5. The summed E-state index contributed by atoms with van der Waals surface area (Å²) in [7, 11) is -3.25. The Morgan fingerprint density at radius 2 is 1.68 bits per heavy atom. The Morgan fingerprint density at radius 1 is 1.00 bits per heavy atom. The third kappa shape index (κ3) is 2.18. The van der Waals surface area contributed by atoms with E-state index >= 15 is 0 Å². The highest BCUT2D eigenvalue weighted by molar-refractivity contribution is 7.75. The quantitative estimate of drug-likeness (QED) is 0.859. The molecule has 0 spiro atoms. The summed E-state index contributed by atoms with van der Waals surface area (Å²) in [6, 6.07) is 14.4. The van der Waals surface area contributed by atoms with Gasteiger partial charge >= 0.3 is 0 Å². The van der Waals surface area contributed by atoms with Crippen molar-refractivity contribution >= 4 is 12.4 Å². The maximum absolute atomic E-state index is 13.8. The first-order chi connectivity index (χ1) is 10.5. The van der Waals surface area contributed by atoms with E-state index in [1.165, 1.54) is 0 Å². The number of pyridine rings is 1. The molecule has 0 amide bonds. The Morgan fingerprint density at radius 3 is 2.32 bits per heavy atom. The number of hydrogen-bond donors (Lipinski definition) is 1. The molecular formula is C18H18NO2P. The fourth-order valence-corrected chi connectivity index (χ4v) is 5.69. The van der Waals surface area contributed by atoms with Gasteiger partial charge in [-0.3, -0.25) is 4.98 Å². The Labute approximate surface area is 130 Å². The summed E-state index contributed by atoms with van der Waals surface area (Å²) in [5, 5.41) is 10.4. The van der Waals surface area contributed by atoms with Gasteiger partial charge in [0.05, 0.1) is 5.69 Å². The van der Waals surface area contributed by atoms with E-state index in [4.69, 9.17) is 0 Å². The number of allylic oxidation sites excluding steroid dienone is 2. The van der Waals surface area contributed by atoms with Crippen LogP contribution in [0.2, 0.25) is 0 Å². The predicted molar refractivity (Wildman–Crippen MR) is 89.3 cm³/mol. The molecule has 4 heteroatoms. The Bertz CT molecular complexity index is 796. The summed E-state index contributed by atoms with van der Waals surface area (Å²) in [4.78, 5) is 4.26. The second-order valence-corrected chi connectivity index (χ2v) is 8.35. The molecule has 1 N–H and O–H groups in total. The Hall–Kier alpha value is -1.96. The maximum atomic E-state index is 13.8. The van der Waals surface area contributed by atoms with Gasteiger partial charge in [0.2, 0.25) is 0 Å². The van der Waals surface area contributed by atoms with Crippen molar-refractivity contribution < 1.29 is 9.67 Å². The van der Waals surface area contributed by atoms with Gasteiger partial charge in [-0.05, 0) is 49.0 Å². The third-order valence-electron chi connectivity index (χ3n) is 4.10. The van der Waals surface area contributed by atoms with Crippen molar-refractivity contribution in [1.82, 2.24) is 4.98 Å². The van der Waals surface area contributed by atoms with E-state index in [2.05, 4.69) is 4.98 Å². The standard InChI is InChI=1S/C18H18NO2P/c1-14-12-18(20,17-10-6-7-11-19-17)22(21,13-15(14)2)16-8-4-3-5-9-16/h3-13,20H,1-2H3/t18-,22+/m1/s1. The topological polar surface area (TPSA) is 50.2 Å². The van der Waals surface area contributed by atoms with Crippen LogP contribution in [0.3, 0.4) is 0 Å². The first kappa shape index (κ1) is 15.0. The predicted octanol–water partition coefficient (Wildman–Crippen LogP) is 3.78. The molecule has 0 fully saturated rings. The van der Waals surface area contributed by atoms with Crippen LogP contribution in [0.4, 0.5) is 0 Å². The number of nitrogens with zero attached hydrogens (tertiary/aromatic N) is 1. The average Bonchev–Trinajstić information content (AvgIpc) is 2.55. The van der Waals surface area contributed by atoms with Crippen LogP contribution in [0.1, 0.15) is 19.5 Å². The molecule has 112 valence electrons. The van der Waals surface area contributed by atoms with Gasteiger partial charge in [0, 0.05) is 11.5 Å². The molecule has 2 heterocycles. The minimum Gasteiger partial charge on any atom is -0.372 e. The number of rotatable bonds is 2. The molecule has 0 radical (unpaired) electrons. The number of hydrogen-bond acceptors (Lipinski definition) is 3. The number of aliphatic hydroxyl groups is 1. The minimum atomic E-state index is -3.25. The highest BCUT2D eigenvalue weighted by Crippen LogP contribution is 2.65. The zero-order valence-electron chi connectivity index (χ0n) is 12.6. The Kier molecular flexibility index (Phi) is 3.64. The van der Waals surface area contributed by atoms with Crippen molar-refractivity contribution in [3.63, 3.8) is 0 Å². The zero-order chi connectivity index (χ0) is 15.8. The molecule has 1 aromatic carbocycles. The highest BCUT2D eigenvalue weighted by Gasteiger charge is 2.49. The molecule has 0 aliphatic carbocycles. The monoisotopic (exact) mass is 311 g/mol. The lowest BCUT2D eigenvalue weighted by Gasteiger charge is -2.36. The molecule has 0 bridgehead atoms. The summed E-state index contributed by atoms with van der Waals surface area (Å²) < 4.78 is 13.8. The summed E-state index contributed by atoms with van der Waals surface area (Å²) in [6.07, 6.45) is 3.29. The second kappa shape index (κ2) is 5.35. The smallest absolute Gasteiger partial charge is 0.185 e. The molecule has 2 aromatic rings. The Balaban J connectivity index is 2.29. The fourth-order valence-electron chi connectivity index (χ4n) is 2.73. The molecule has 0 saturated heterocycles. The van der Waals surface area contributed by atoms with Gasteiger partial charge < -0.3 is 9.67 Å². The first-order valence-corrected chi connectivity index (χ1v) is 8.93. The minimum absolute atomic E-state index is 0.408. The van der Waals surface area contributed by atoms with E-state index < -0.39 is 12.5 Å². The van der Waals surface area contributed by atoms with E-state index in [9.17, 15) is 9.67 Å². The summed E-state index contributed by atoms with van der Waals surface area (Å²) in [5.74, 6) is 1.71. The second-order valence-electron chi connectivity index (χ2n) is 5.57. The SMILES string of the molecule is CC1=C[C@](O)(c2ccccn2)[P@@](=O)(c2ccccc2)C=C1C. The van der Waals surface area contributed by atoms with Gasteiger partial charge in [0.15, 0.2) is 12.5 Å². The van der Waals surface area contributed by atoms with E-state index in [0.29, 0.717) is 11.0 Å². The molecule has 3 nitrogen and oxygen atoms in total. The molecule has 1 aromatic heterocycles. The van der Waals surface area contributed by atoms with Gasteiger partial charge in [-0.25, -0.2) is 0 Å². The highest BCUT2D eigenvalue weighted by atomic mass is 31.2. The summed E-state index contributed by atoms with van der Waals surface area (Å²) >= 11 is 0. The van der Waals surface area contributed by atoms with Crippen molar-refractivity contribution in [3.05, 3.63) is 83.5 Å². The van der Waals surface area contributed by atoms with Gasteiger partial charge in [-0.15, -0.1) is 0 Å². The average molecular weight is 311 g/mol. The summed E-state index contributed by atoms with van der Waals surface area (Å²) in [6.45, 7) is 3.83. The van der Waals surface area contributed by atoms with Crippen molar-refractivity contribution in [2.24, 2.45) is 0 Å². The first-order valence-electron chi connectivity index (χ1n) is 7.16. The largest absolute Gasteiger partial charge is 0.372 e. The van der Waals surface area contributed by atoms with Crippen molar-refractivity contribution in [1.29, 1.82) is 0 Å². The van der Waals surface area contributed by atoms with Gasteiger partial charge in [0.25, 0.3) is 0 Å². The number of benzene rings is 1. The molecule has 3 rings (SSSR count). The van der Waals surface area contributed by atoms with Crippen LogP contribution in [-0.2, 0) is 9.91 Å². The number of aromatic nitrogens is 1. The lowest BCUT2D eigenvalue weighted by atomic mass is 10.1. The lowest BCUT2D eigenvalue weighted by molar-refractivity contribution is 0.170. The molecule has 0 unspecified atom stereocenters. The van der Waals surface area contributed by atoms with Crippen LogP contribution in [0.15, 0.2) is 77.8 Å². The molecule has 1 aliphatic rings. The van der Waals surface area contributed by atoms with Crippen LogP contribution in [0.5, 0.6) is 0 Å². The summed E-state index contributed by atoms with van der Waals surface area (Å²) in [5.41, 5.74) is 2.24. The molecular weight excluding hydrogens is 293 g/mol. The van der Waals surface area contributed by atoms with Gasteiger partial charge in [-0.1, -0.05) is 36.4 Å². The molecule has 0 saturated carbocycles. The van der Waals surface area contributed by atoms with Crippen LogP contribution < -0.4 is 5.30 Å².